The van der Waals surface area contributed by atoms with E-state index in [1.807, 2.05) is 0 Å². The molecule has 106 valence electrons. The molecule has 2 nitrogen and oxygen atoms in total. The molecule has 0 saturated heterocycles. The van der Waals surface area contributed by atoms with Crippen molar-refractivity contribution in [2.75, 3.05) is 18.4 Å². The van der Waals surface area contributed by atoms with Crippen molar-refractivity contribution in [3.05, 3.63) is 29.8 Å². The highest BCUT2D eigenvalue weighted by molar-refractivity contribution is 5.46. The van der Waals surface area contributed by atoms with Crippen molar-refractivity contribution in [3.63, 3.8) is 0 Å². The second-order valence-electron chi connectivity index (χ2n) is 5.89. The van der Waals surface area contributed by atoms with E-state index in [-0.39, 0.29) is 0 Å². The van der Waals surface area contributed by atoms with Gasteiger partial charge in [-0.05, 0) is 50.0 Å². The van der Waals surface area contributed by atoms with Gasteiger partial charge in [0, 0.05) is 18.3 Å². The monoisotopic (exact) mass is 260 g/mol. The van der Waals surface area contributed by atoms with Gasteiger partial charge in [-0.25, -0.2) is 0 Å². The largest absolute Gasteiger partial charge is 0.383 e. The molecule has 1 aromatic carbocycles. The van der Waals surface area contributed by atoms with Gasteiger partial charge in [0.1, 0.15) is 0 Å². The first-order chi connectivity index (χ1) is 9.21. The quantitative estimate of drug-likeness (QED) is 0.756. The molecule has 1 atom stereocenters. The van der Waals surface area contributed by atoms with Crippen LogP contribution in [0, 0.1) is 5.92 Å². The van der Waals surface area contributed by atoms with Crippen LogP contribution < -0.4 is 5.32 Å². The lowest BCUT2D eigenvalue weighted by Gasteiger charge is -2.19. The minimum absolute atomic E-state index is 0.594. The summed E-state index contributed by atoms with van der Waals surface area (Å²) in [5, 5.41) is 3.64. The number of hydrogen-bond acceptors (Lipinski definition) is 2. The summed E-state index contributed by atoms with van der Waals surface area (Å²) in [6.07, 6.45) is 4.20. The number of benzene rings is 1. The van der Waals surface area contributed by atoms with E-state index in [0.717, 1.165) is 25.6 Å². The molecule has 0 aliphatic heterocycles. The van der Waals surface area contributed by atoms with E-state index in [4.69, 9.17) is 0 Å². The van der Waals surface area contributed by atoms with Crippen molar-refractivity contribution < 1.29 is 0 Å². The van der Waals surface area contributed by atoms with Crippen LogP contribution in [0.1, 0.15) is 45.6 Å². The van der Waals surface area contributed by atoms with Crippen LogP contribution in [0.25, 0.3) is 0 Å². The van der Waals surface area contributed by atoms with Crippen molar-refractivity contribution in [2.45, 2.75) is 52.6 Å². The molecule has 1 aromatic rings. The first-order valence-corrected chi connectivity index (χ1v) is 7.79. The van der Waals surface area contributed by atoms with Gasteiger partial charge in [-0.15, -0.1) is 0 Å². The normalized spacial score (nSPS) is 16.6. The minimum Gasteiger partial charge on any atom is -0.383 e. The van der Waals surface area contributed by atoms with E-state index in [2.05, 4.69) is 55.3 Å². The smallest absolute Gasteiger partial charge is 0.0345 e. The van der Waals surface area contributed by atoms with Crippen molar-refractivity contribution in [1.82, 2.24) is 4.90 Å². The van der Waals surface area contributed by atoms with Gasteiger partial charge in [-0.2, -0.15) is 0 Å². The molecule has 0 aromatic heterocycles. The third-order valence-corrected chi connectivity index (χ3v) is 4.02. The van der Waals surface area contributed by atoms with Crippen LogP contribution in [0.3, 0.4) is 0 Å². The second-order valence-corrected chi connectivity index (χ2v) is 5.89. The van der Waals surface area contributed by atoms with Crippen LogP contribution in [0.2, 0.25) is 0 Å². The van der Waals surface area contributed by atoms with Gasteiger partial charge in [0.05, 0.1) is 0 Å². The summed E-state index contributed by atoms with van der Waals surface area (Å²) in [6, 6.07) is 9.49. The minimum atomic E-state index is 0.594. The zero-order valence-electron chi connectivity index (χ0n) is 12.7. The Morgan fingerprint density at radius 2 is 2.00 bits per heavy atom. The lowest BCUT2D eigenvalue weighted by atomic mass is 10.1. The van der Waals surface area contributed by atoms with Crippen LogP contribution in [0.15, 0.2) is 24.3 Å². The molecule has 0 bridgehead atoms. The molecule has 19 heavy (non-hydrogen) atoms. The van der Waals surface area contributed by atoms with E-state index in [1.165, 1.54) is 30.5 Å². The Morgan fingerprint density at radius 3 is 2.63 bits per heavy atom. The molecule has 1 unspecified atom stereocenters. The van der Waals surface area contributed by atoms with Crippen molar-refractivity contribution in [3.8, 4) is 0 Å². The highest BCUT2D eigenvalue weighted by Gasteiger charge is 2.23. The lowest BCUT2D eigenvalue weighted by molar-refractivity contribution is 0.296. The third kappa shape index (κ3) is 4.87. The van der Waals surface area contributed by atoms with E-state index >= 15 is 0 Å². The molecular weight excluding hydrogens is 232 g/mol. The summed E-state index contributed by atoms with van der Waals surface area (Å²) < 4.78 is 0. The average Bonchev–Trinajstić information content (AvgIpc) is 3.20. The highest BCUT2D eigenvalue weighted by Crippen LogP contribution is 2.34. The van der Waals surface area contributed by atoms with Gasteiger partial charge in [0.2, 0.25) is 0 Å². The maximum atomic E-state index is 3.64. The summed E-state index contributed by atoms with van der Waals surface area (Å²) in [5.74, 6) is 0.987. The number of nitrogens with zero attached hydrogens (tertiary/aromatic N) is 1. The molecule has 2 heteroatoms. The molecule has 0 amide bonds. The number of hydrogen-bond donors (Lipinski definition) is 1. The zero-order valence-corrected chi connectivity index (χ0v) is 12.7. The summed E-state index contributed by atoms with van der Waals surface area (Å²) in [5.41, 5.74) is 2.69. The highest BCUT2D eigenvalue weighted by atomic mass is 15.1. The Labute approximate surface area is 118 Å². The van der Waals surface area contributed by atoms with Crippen molar-refractivity contribution >= 4 is 5.69 Å². The summed E-state index contributed by atoms with van der Waals surface area (Å²) in [7, 11) is 0. The average molecular weight is 260 g/mol. The molecule has 0 spiro atoms. The predicted molar refractivity (Wildman–Crippen MR) is 83.5 cm³/mol. The first-order valence-electron chi connectivity index (χ1n) is 7.79. The second kappa shape index (κ2) is 6.95. The standard InChI is InChI=1S/C17H28N2/c1-4-19(5-2)13-16-7-6-8-17(12-16)18-14(3)11-15-9-10-15/h6-8,12,14-15,18H,4-5,9-11,13H2,1-3H3. The Hall–Kier alpha value is -1.02. The third-order valence-electron chi connectivity index (χ3n) is 4.02. The molecule has 1 aliphatic carbocycles. The summed E-state index contributed by atoms with van der Waals surface area (Å²) in [6.45, 7) is 10.0. The molecule has 0 heterocycles. The van der Waals surface area contributed by atoms with Gasteiger partial charge >= 0.3 is 0 Å². The van der Waals surface area contributed by atoms with Crippen molar-refractivity contribution in [1.29, 1.82) is 0 Å². The predicted octanol–water partition coefficient (Wildman–Crippen LogP) is 4.13. The van der Waals surface area contributed by atoms with Gasteiger partial charge in [-0.1, -0.05) is 38.8 Å². The fourth-order valence-corrected chi connectivity index (χ4v) is 2.66. The number of rotatable bonds is 8. The first kappa shape index (κ1) is 14.4. The molecule has 2 rings (SSSR count). The molecule has 1 fully saturated rings. The van der Waals surface area contributed by atoms with Crippen LogP contribution in [0.5, 0.6) is 0 Å². The molecular formula is C17H28N2. The van der Waals surface area contributed by atoms with Crippen LogP contribution >= 0.6 is 0 Å². The topological polar surface area (TPSA) is 15.3 Å². The molecule has 0 radical (unpaired) electrons. The van der Waals surface area contributed by atoms with E-state index in [1.54, 1.807) is 0 Å². The zero-order chi connectivity index (χ0) is 13.7. The Kier molecular flexibility index (Phi) is 5.26. The van der Waals surface area contributed by atoms with Crippen LogP contribution in [-0.2, 0) is 6.54 Å². The maximum Gasteiger partial charge on any atom is 0.0345 e. The van der Waals surface area contributed by atoms with Crippen LogP contribution in [0.4, 0.5) is 5.69 Å². The fourth-order valence-electron chi connectivity index (χ4n) is 2.66. The Bertz CT molecular complexity index is 381. The fraction of sp³-hybridized carbons (Fsp3) is 0.647. The van der Waals surface area contributed by atoms with E-state index < -0.39 is 0 Å². The Balaban J connectivity index is 1.89. The van der Waals surface area contributed by atoms with E-state index in [9.17, 15) is 0 Å². The van der Waals surface area contributed by atoms with Gasteiger partial charge in [0.25, 0.3) is 0 Å². The molecule has 1 N–H and O–H groups in total. The number of nitrogens with one attached hydrogen (secondary N) is 1. The summed E-state index contributed by atoms with van der Waals surface area (Å²) in [4.78, 5) is 2.45. The number of anilines is 1. The van der Waals surface area contributed by atoms with Crippen LogP contribution in [-0.4, -0.2) is 24.0 Å². The molecule has 1 saturated carbocycles. The van der Waals surface area contributed by atoms with Crippen molar-refractivity contribution in [2.24, 2.45) is 5.92 Å². The van der Waals surface area contributed by atoms with Gasteiger partial charge < -0.3 is 5.32 Å². The lowest BCUT2D eigenvalue weighted by Crippen LogP contribution is -2.22. The Morgan fingerprint density at radius 1 is 1.26 bits per heavy atom. The van der Waals surface area contributed by atoms with E-state index in [0.29, 0.717) is 6.04 Å². The molecule has 1 aliphatic rings. The van der Waals surface area contributed by atoms with Gasteiger partial charge in [-0.3, -0.25) is 4.90 Å². The van der Waals surface area contributed by atoms with Gasteiger partial charge in [0.15, 0.2) is 0 Å². The SMILES string of the molecule is CCN(CC)Cc1cccc(NC(C)CC2CC2)c1. The maximum absolute atomic E-state index is 3.64. The summed E-state index contributed by atoms with van der Waals surface area (Å²) >= 11 is 0.